The van der Waals surface area contributed by atoms with Crippen molar-refractivity contribution >= 4 is 29.3 Å². The Bertz CT molecular complexity index is 1140. The van der Waals surface area contributed by atoms with Gasteiger partial charge in [-0.3, -0.25) is 34.2 Å². The number of carbonyl (C=O) groups excluding carboxylic acids is 4. The second-order valence-corrected chi connectivity index (χ2v) is 7.30. The summed E-state index contributed by atoms with van der Waals surface area (Å²) in [5.74, 6) is -2.66. The van der Waals surface area contributed by atoms with Crippen LogP contribution >= 0.6 is 0 Å². The van der Waals surface area contributed by atoms with E-state index < -0.39 is 35.0 Å². The van der Waals surface area contributed by atoms with Gasteiger partial charge in [0.15, 0.2) is 6.61 Å². The van der Waals surface area contributed by atoms with E-state index >= 15 is 0 Å². The van der Waals surface area contributed by atoms with E-state index in [9.17, 15) is 29.3 Å². The van der Waals surface area contributed by atoms with Gasteiger partial charge in [0, 0.05) is 18.2 Å². The predicted octanol–water partition coefficient (Wildman–Crippen LogP) is 2.93. The molecule has 0 atom stereocenters. The Labute approximate surface area is 177 Å². The normalized spacial score (nSPS) is 12.7. The van der Waals surface area contributed by atoms with Gasteiger partial charge in [0.1, 0.15) is 5.56 Å². The highest BCUT2D eigenvalue weighted by molar-refractivity contribution is 6.23. The molecular weight excluding hydrogens is 404 g/mol. The third-order valence-electron chi connectivity index (χ3n) is 5.22. The molecule has 1 heterocycles. The van der Waals surface area contributed by atoms with Crippen molar-refractivity contribution in [3.05, 3.63) is 73.8 Å². The number of hydrogen-bond acceptors (Lipinski definition) is 7. The van der Waals surface area contributed by atoms with E-state index in [0.717, 1.165) is 27.7 Å². The average Bonchev–Trinajstić information content (AvgIpc) is 2.97. The van der Waals surface area contributed by atoms with Gasteiger partial charge in [-0.05, 0) is 49.6 Å². The minimum absolute atomic E-state index is 0.0760. The van der Waals surface area contributed by atoms with Crippen LogP contribution < -0.4 is 0 Å². The Morgan fingerprint density at radius 2 is 1.71 bits per heavy atom. The topological polar surface area (TPSA) is 124 Å². The van der Waals surface area contributed by atoms with E-state index in [2.05, 4.69) is 0 Å². The lowest BCUT2D eigenvalue weighted by atomic mass is 9.98. The zero-order valence-electron chi connectivity index (χ0n) is 17.3. The van der Waals surface area contributed by atoms with Crippen molar-refractivity contribution in [3.8, 4) is 0 Å². The van der Waals surface area contributed by atoms with Crippen molar-refractivity contribution in [2.45, 2.75) is 27.2 Å². The molecule has 9 nitrogen and oxygen atoms in total. The molecule has 9 heteroatoms. The summed E-state index contributed by atoms with van der Waals surface area (Å²) in [7, 11) is 0. The molecule has 31 heavy (non-hydrogen) atoms. The molecule has 0 spiro atoms. The first kappa shape index (κ1) is 21.8. The zero-order chi connectivity index (χ0) is 22.9. The number of ether oxygens (including phenoxy) is 1. The van der Waals surface area contributed by atoms with E-state index in [0.29, 0.717) is 5.56 Å². The minimum Gasteiger partial charge on any atom is -0.457 e. The van der Waals surface area contributed by atoms with Gasteiger partial charge in [0.05, 0.1) is 16.9 Å². The Balaban J connectivity index is 1.60. The lowest BCUT2D eigenvalue weighted by Gasteiger charge is -2.13. The van der Waals surface area contributed by atoms with Crippen LogP contribution in [0.4, 0.5) is 5.69 Å². The summed E-state index contributed by atoms with van der Waals surface area (Å²) in [5.41, 5.74) is 2.40. The smallest absolute Gasteiger partial charge is 0.308 e. The van der Waals surface area contributed by atoms with Crippen molar-refractivity contribution in [1.29, 1.82) is 0 Å². The van der Waals surface area contributed by atoms with Gasteiger partial charge < -0.3 is 4.74 Å². The Morgan fingerprint density at radius 1 is 1.03 bits per heavy atom. The molecule has 1 aliphatic rings. The highest BCUT2D eigenvalue weighted by Gasteiger charge is 2.40. The molecular formula is C22H20N2O7. The fraction of sp³-hybridized carbons (Fsp3) is 0.273. The third kappa shape index (κ3) is 4.20. The maximum absolute atomic E-state index is 12.5. The average molecular weight is 424 g/mol. The van der Waals surface area contributed by atoms with E-state index in [1.165, 1.54) is 12.1 Å². The number of amides is 2. The fourth-order valence-electron chi connectivity index (χ4n) is 3.43. The zero-order valence-corrected chi connectivity index (χ0v) is 17.3. The first-order valence-electron chi connectivity index (χ1n) is 9.52. The molecule has 2 aromatic rings. The fourth-order valence-corrected chi connectivity index (χ4v) is 3.43. The van der Waals surface area contributed by atoms with Crippen LogP contribution in [0.15, 0.2) is 30.3 Å². The largest absolute Gasteiger partial charge is 0.457 e. The van der Waals surface area contributed by atoms with Gasteiger partial charge >= 0.3 is 5.97 Å². The van der Waals surface area contributed by atoms with Crippen LogP contribution in [0, 0.1) is 30.9 Å². The number of nitro groups is 1. The number of ketones is 1. The highest BCUT2D eigenvalue weighted by Crippen LogP contribution is 2.30. The summed E-state index contributed by atoms with van der Waals surface area (Å²) in [6, 6.07) is 7.41. The molecule has 3 rings (SSSR count). The van der Waals surface area contributed by atoms with Gasteiger partial charge in [0.2, 0.25) is 5.78 Å². The van der Waals surface area contributed by atoms with Crippen molar-refractivity contribution < 1.29 is 28.8 Å². The summed E-state index contributed by atoms with van der Waals surface area (Å²) in [4.78, 5) is 60.5. The minimum atomic E-state index is -0.832. The number of nitrogens with zero attached hydrogens (tertiary/aromatic N) is 2. The van der Waals surface area contributed by atoms with Gasteiger partial charge in [0.25, 0.3) is 17.5 Å². The highest BCUT2D eigenvalue weighted by atomic mass is 16.6. The number of Topliss-reactive ketones (excluding diaryl/α,β-unsaturated/α-hetero) is 1. The maximum Gasteiger partial charge on any atom is 0.308 e. The van der Waals surface area contributed by atoms with Crippen molar-refractivity contribution in [1.82, 2.24) is 4.90 Å². The maximum atomic E-state index is 12.5. The number of esters is 1. The second kappa shape index (κ2) is 8.47. The Morgan fingerprint density at radius 3 is 2.39 bits per heavy atom. The molecule has 2 aromatic carbocycles. The molecule has 0 aromatic heterocycles. The van der Waals surface area contributed by atoms with Crippen molar-refractivity contribution in [2.75, 3.05) is 13.2 Å². The summed E-state index contributed by atoms with van der Waals surface area (Å²) in [5, 5.41) is 11.1. The number of carbonyl (C=O) groups is 4. The van der Waals surface area contributed by atoms with Gasteiger partial charge in [-0.2, -0.15) is 0 Å². The number of imide groups is 1. The number of fused-ring (bicyclic) bond motifs is 1. The van der Waals surface area contributed by atoms with E-state index in [4.69, 9.17) is 4.74 Å². The molecule has 0 saturated carbocycles. The number of aryl methyl sites for hydroxylation is 3. The van der Waals surface area contributed by atoms with Crippen molar-refractivity contribution in [3.63, 3.8) is 0 Å². The quantitative estimate of drug-likeness (QED) is 0.220. The van der Waals surface area contributed by atoms with Crippen LogP contribution in [0.2, 0.25) is 0 Å². The van der Waals surface area contributed by atoms with E-state index in [-0.39, 0.29) is 29.9 Å². The lowest BCUT2D eigenvalue weighted by Crippen LogP contribution is -2.32. The summed E-state index contributed by atoms with van der Waals surface area (Å²) < 4.78 is 5.01. The summed E-state index contributed by atoms with van der Waals surface area (Å²) >= 11 is 0. The van der Waals surface area contributed by atoms with Crippen LogP contribution in [-0.2, 0) is 9.53 Å². The molecule has 0 saturated heterocycles. The molecule has 0 N–H and O–H groups in total. The van der Waals surface area contributed by atoms with Gasteiger partial charge in [-0.1, -0.05) is 12.1 Å². The third-order valence-corrected chi connectivity index (χ3v) is 5.22. The second-order valence-electron chi connectivity index (χ2n) is 7.30. The monoisotopic (exact) mass is 424 g/mol. The van der Waals surface area contributed by atoms with Crippen LogP contribution in [-0.4, -0.2) is 46.5 Å². The van der Waals surface area contributed by atoms with Crippen molar-refractivity contribution in [2.24, 2.45) is 0 Å². The molecule has 0 unspecified atom stereocenters. The molecule has 0 aliphatic carbocycles. The Hall–Kier alpha value is -3.88. The summed E-state index contributed by atoms with van der Waals surface area (Å²) in [6.07, 6.45) is -0.335. The SMILES string of the molecule is Cc1cc(C)c(C(=O)COC(=O)CCN2C(=O)c3cccc([N+](=O)[O-])c3C2=O)cc1C. The van der Waals surface area contributed by atoms with Crippen LogP contribution in [0.25, 0.3) is 0 Å². The van der Waals surface area contributed by atoms with Crippen LogP contribution in [0.5, 0.6) is 0 Å². The predicted molar refractivity (Wildman–Crippen MR) is 109 cm³/mol. The molecule has 2 amide bonds. The number of hydrogen-bond donors (Lipinski definition) is 0. The molecule has 160 valence electrons. The number of benzene rings is 2. The summed E-state index contributed by atoms with van der Waals surface area (Å²) in [6.45, 7) is 4.84. The molecule has 0 radical (unpaired) electrons. The molecule has 0 bridgehead atoms. The Kier molecular flexibility index (Phi) is 5.96. The van der Waals surface area contributed by atoms with Crippen LogP contribution in [0.1, 0.15) is 54.2 Å². The first-order chi connectivity index (χ1) is 14.6. The standard InChI is InChI=1S/C22H20N2O7/c1-12-9-14(3)16(10-13(12)2)18(25)11-31-19(26)7-8-23-21(27)15-5-4-6-17(24(29)30)20(15)22(23)28/h4-6,9-10H,7-8,11H2,1-3H3. The molecule has 0 fully saturated rings. The van der Waals surface area contributed by atoms with Gasteiger partial charge in [-0.25, -0.2) is 0 Å². The van der Waals surface area contributed by atoms with E-state index in [1.54, 1.807) is 13.0 Å². The van der Waals surface area contributed by atoms with Crippen LogP contribution in [0.3, 0.4) is 0 Å². The molecule has 1 aliphatic heterocycles. The first-order valence-corrected chi connectivity index (χ1v) is 9.52. The van der Waals surface area contributed by atoms with Gasteiger partial charge in [-0.15, -0.1) is 0 Å². The van der Waals surface area contributed by atoms with E-state index in [1.807, 2.05) is 19.9 Å². The number of rotatable bonds is 7. The number of nitro benzene ring substituents is 1. The lowest BCUT2D eigenvalue weighted by molar-refractivity contribution is -0.385.